The van der Waals surface area contributed by atoms with Gasteiger partial charge in [-0.15, -0.1) is 0 Å². The van der Waals surface area contributed by atoms with Gasteiger partial charge in [-0.2, -0.15) is 0 Å². The lowest BCUT2D eigenvalue weighted by molar-refractivity contribution is -0.146. The van der Waals surface area contributed by atoms with Crippen LogP contribution in [0.5, 0.6) is 0 Å². The fourth-order valence-corrected chi connectivity index (χ4v) is 11.9. The summed E-state index contributed by atoms with van der Waals surface area (Å²) >= 11 is 0. The number of carboxylic acids is 1. The van der Waals surface area contributed by atoms with E-state index in [1.807, 2.05) is 0 Å². The van der Waals surface area contributed by atoms with Crippen molar-refractivity contribution in [2.45, 2.75) is 88.6 Å². The molecule has 8 rings (SSSR count). The Morgan fingerprint density at radius 1 is 0.788 bits per heavy atom. The Bertz CT molecular complexity index is 717. The van der Waals surface area contributed by atoms with E-state index >= 15 is 0 Å². The van der Waals surface area contributed by atoms with Crippen molar-refractivity contribution in [2.24, 2.45) is 40.9 Å². The van der Waals surface area contributed by atoms with Crippen molar-refractivity contribution in [3.8, 4) is 0 Å². The highest BCUT2D eigenvalue weighted by Crippen LogP contribution is 2.60. The molecule has 0 radical (unpaired) electrons. The van der Waals surface area contributed by atoms with E-state index in [0.29, 0.717) is 18.2 Å². The lowest BCUT2D eigenvalue weighted by Gasteiger charge is -2.57. The van der Waals surface area contributed by atoms with Crippen LogP contribution in [-0.4, -0.2) is 46.6 Å². The van der Waals surface area contributed by atoms with Crippen molar-refractivity contribution >= 4 is 33.5 Å². The number of carbonyl (C=O) groups is 2. The number of hydrogen-bond acceptors (Lipinski definition) is 5. The Kier molecular flexibility index (Phi) is 6.22. The molecule has 0 aliphatic heterocycles. The Morgan fingerprint density at radius 2 is 1.27 bits per heavy atom. The first-order valence-corrected chi connectivity index (χ1v) is 15.9. The SMILES string of the molecule is O=C(O)[C@@H](CSSCCNC(=O)C12CC3CC(CC(C3)C1)C2)NC12CC3CC(CC(C3)C1)C2. The van der Waals surface area contributed by atoms with Crippen molar-refractivity contribution in [1.29, 1.82) is 0 Å². The maximum atomic E-state index is 13.1. The van der Waals surface area contributed by atoms with E-state index in [1.54, 1.807) is 21.6 Å². The summed E-state index contributed by atoms with van der Waals surface area (Å²) in [4.78, 5) is 25.1. The first-order valence-electron chi connectivity index (χ1n) is 13.4. The quantitative estimate of drug-likeness (QED) is 0.303. The lowest BCUT2D eigenvalue weighted by atomic mass is 9.49. The van der Waals surface area contributed by atoms with Gasteiger partial charge in [0.2, 0.25) is 5.91 Å². The molecule has 8 fully saturated rings. The van der Waals surface area contributed by atoms with Crippen LogP contribution in [0, 0.1) is 40.9 Å². The molecule has 0 saturated heterocycles. The second-order valence-corrected chi connectivity index (χ2v) is 15.4. The number of carbonyl (C=O) groups excluding carboxylic acids is 1. The molecule has 0 aromatic carbocycles. The van der Waals surface area contributed by atoms with Crippen LogP contribution in [0.4, 0.5) is 0 Å². The summed E-state index contributed by atoms with van der Waals surface area (Å²) in [7, 11) is 3.36. The third-order valence-electron chi connectivity index (χ3n) is 10.1. The molecule has 0 heterocycles. The first kappa shape index (κ1) is 23.0. The summed E-state index contributed by atoms with van der Waals surface area (Å²) in [6, 6.07) is -0.472. The van der Waals surface area contributed by atoms with Gasteiger partial charge in [0.15, 0.2) is 0 Å². The Balaban J connectivity index is 0.933. The Hall–Kier alpha value is -0.400. The standard InChI is InChI=1S/C26H40N2O3S2/c29-23(30)22(28-26-12-19-6-20(13-26)8-21(7-19)14-26)15-33-32-2-1-27-24(31)25-9-16-3-17(10-25)5-18(4-16)11-25/h16-22,28H,1-15H2,(H,27,31)(H,29,30)/t16?,17?,18?,19?,20?,21?,22-,25?,26?/m1/s1. The highest BCUT2D eigenvalue weighted by Gasteiger charge is 2.54. The van der Waals surface area contributed by atoms with Crippen LogP contribution >= 0.6 is 21.6 Å². The molecular weight excluding hydrogens is 452 g/mol. The molecule has 0 aromatic rings. The van der Waals surface area contributed by atoms with Crippen molar-refractivity contribution in [2.75, 3.05) is 18.1 Å². The maximum Gasteiger partial charge on any atom is 0.321 e. The molecule has 1 amide bonds. The van der Waals surface area contributed by atoms with Gasteiger partial charge in [0.05, 0.1) is 0 Å². The van der Waals surface area contributed by atoms with Gasteiger partial charge in [0.25, 0.3) is 0 Å². The van der Waals surface area contributed by atoms with Crippen LogP contribution < -0.4 is 10.6 Å². The van der Waals surface area contributed by atoms with Crippen LogP contribution in [0.1, 0.15) is 77.0 Å². The highest BCUT2D eigenvalue weighted by atomic mass is 33.1. The molecular formula is C26H40N2O3S2. The van der Waals surface area contributed by atoms with Crippen molar-refractivity contribution < 1.29 is 14.7 Å². The third-order valence-corrected chi connectivity index (χ3v) is 12.5. The minimum atomic E-state index is -0.714. The zero-order chi connectivity index (χ0) is 22.6. The molecule has 8 aliphatic rings. The van der Waals surface area contributed by atoms with E-state index in [2.05, 4.69) is 10.6 Å². The van der Waals surface area contributed by atoms with E-state index in [0.717, 1.165) is 60.5 Å². The summed E-state index contributed by atoms with van der Waals surface area (Å²) < 4.78 is 0. The molecule has 0 spiro atoms. The summed E-state index contributed by atoms with van der Waals surface area (Å²) in [5, 5.41) is 16.7. The number of amides is 1. The average molecular weight is 493 g/mol. The third kappa shape index (κ3) is 4.60. The second kappa shape index (κ2) is 8.92. The molecule has 8 saturated carbocycles. The number of aliphatic carboxylic acids is 1. The number of rotatable bonds is 10. The average Bonchev–Trinajstić information content (AvgIpc) is 2.73. The molecule has 33 heavy (non-hydrogen) atoms. The van der Waals surface area contributed by atoms with Crippen LogP contribution in [0.15, 0.2) is 0 Å². The van der Waals surface area contributed by atoms with Crippen molar-refractivity contribution in [3.63, 3.8) is 0 Å². The smallest absolute Gasteiger partial charge is 0.321 e. The lowest BCUT2D eigenvalue weighted by Crippen LogP contribution is -2.62. The van der Waals surface area contributed by atoms with Gasteiger partial charge in [-0.1, -0.05) is 21.6 Å². The summed E-state index contributed by atoms with van der Waals surface area (Å²) in [6.07, 6.45) is 15.1. The Labute approximate surface area is 206 Å². The molecule has 0 aromatic heterocycles. The van der Waals surface area contributed by atoms with E-state index in [9.17, 15) is 14.7 Å². The van der Waals surface area contributed by atoms with Gasteiger partial charge in [-0.25, -0.2) is 0 Å². The van der Waals surface area contributed by atoms with Gasteiger partial charge in [0.1, 0.15) is 6.04 Å². The van der Waals surface area contributed by atoms with Crippen LogP contribution in [-0.2, 0) is 9.59 Å². The molecule has 0 unspecified atom stereocenters. The largest absolute Gasteiger partial charge is 0.480 e. The molecule has 7 heteroatoms. The number of nitrogens with one attached hydrogen (secondary N) is 2. The maximum absolute atomic E-state index is 13.1. The zero-order valence-electron chi connectivity index (χ0n) is 19.7. The second-order valence-electron chi connectivity index (χ2n) is 12.8. The summed E-state index contributed by atoms with van der Waals surface area (Å²) in [5.74, 6) is 5.85. The van der Waals surface area contributed by atoms with E-state index in [4.69, 9.17) is 0 Å². The van der Waals surface area contributed by atoms with Crippen molar-refractivity contribution in [3.05, 3.63) is 0 Å². The van der Waals surface area contributed by atoms with Crippen molar-refractivity contribution in [1.82, 2.24) is 10.6 Å². The minimum absolute atomic E-state index is 0.0667. The normalized spacial score (nSPS) is 45.3. The molecule has 1 atom stereocenters. The molecule has 8 bridgehead atoms. The fraction of sp³-hybridized carbons (Fsp3) is 0.923. The molecule has 3 N–H and O–H groups in total. The minimum Gasteiger partial charge on any atom is -0.480 e. The highest BCUT2D eigenvalue weighted by molar-refractivity contribution is 8.76. The van der Waals surface area contributed by atoms with Gasteiger partial charge < -0.3 is 10.4 Å². The topological polar surface area (TPSA) is 78.4 Å². The van der Waals surface area contributed by atoms with E-state index in [-0.39, 0.29) is 11.0 Å². The zero-order valence-corrected chi connectivity index (χ0v) is 21.4. The summed E-state index contributed by atoms with van der Waals surface area (Å²) in [5.41, 5.74) is 0.0115. The van der Waals surface area contributed by atoms with Gasteiger partial charge in [-0.05, 0) is 113 Å². The predicted molar refractivity (Wildman–Crippen MR) is 134 cm³/mol. The number of hydrogen-bond donors (Lipinski definition) is 3. The van der Waals surface area contributed by atoms with Crippen LogP contribution in [0.25, 0.3) is 0 Å². The molecule has 5 nitrogen and oxygen atoms in total. The molecule has 8 aliphatic carbocycles. The predicted octanol–water partition coefficient (Wildman–Crippen LogP) is 4.71. The molecule has 184 valence electrons. The monoisotopic (exact) mass is 492 g/mol. The van der Waals surface area contributed by atoms with Gasteiger partial charge in [0, 0.05) is 29.0 Å². The fourth-order valence-electron chi connectivity index (χ4n) is 9.79. The van der Waals surface area contributed by atoms with Gasteiger partial charge >= 0.3 is 5.97 Å². The first-order chi connectivity index (χ1) is 15.9. The van der Waals surface area contributed by atoms with Crippen LogP contribution in [0.2, 0.25) is 0 Å². The van der Waals surface area contributed by atoms with Gasteiger partial charge in [-0.3, -0.25) is 14.9 Å². The summed E-state index contributed by atoms with van der Waals surface area (Å²) in [6.45, 7) is 0.693. The van der Waals surface area contributed by atoms with Crippen LogP contribution in [0.3, 0.4) is 0 Å². The Morgan fingerprint density at radius 3 is 1.76 bits per heavy atom. The van der Waals surface area contributed by atoms with E-state index < -0.39 is 12.0 Å². The number of carboxylic acid groups (broad SMARTS) is 1. The van der Waals surface area contributed by atoms with E-state index in [1.165, 1.54) is 57.8 Å².